The van der Waals surface area contributed by atoms with Crippen LogP contribution in [0.15, 0.2) is 24.3 Å². The second kappa shape index (κ2) is 5.56. The molecule has 4 nitrogen and oxygen atoms in total. The van der Waals surface area contributed by atoms with Crippen LogP contribution in [0.25, 0.3) is 0 Å². The number of nitrogens with one attached hydrogen (secondary N) is 2. The molecule has 1 amide bonds. The molecule has 3 rings (SSSR count). The Morgan fingerprint density at radius 3 is 3.00 bits per heavy atom. The van der Waals surface area contributed by atoms with Crippen LogP contribution in [-0.4, -0.2) is 36.1 Å². The van der Waals surface area contributed by atoms with Crippen molar-refractivity contribution in [3.05, 3.63) is 24.3 Å². The average Bonchev–Trinajstić information content (AvgIpc) is 2.46. The Hall–Kier alpha value is -1.36. The van der Waals surface area contributed by atoms with Crippen LogP contribution in [0, 0.1) is 0 Å². The molecule has 20 heavy (non-hydrogen) atoms. The normalized spacial score (nSPS) is 22.8. The zero-order valence-electron chi connectivity index (χ0n) is 11.6. The molecule has 1 aliphatic heterocycles. The molecular formula is C15H20N2O2S. The van der Waals surface area contributed by atoms with Crippen LogP contribution in [0.1, 0.15) is 19.3 Å². The van der Waals surface area contributed by atoms with Crippen LogP contribution in [0.4, 0.5) is 5.69 Å². The van der Waals surface area contributed by atoms with E-state index in [9.17, 15) is 4.79 Å². The number of ether oxygens (including phenoxy) is 1. The van der Waals surface area contributed by atoms with Crippen LogP contribution in [0.3, 0.4) is 0 Å². The van der Waals surface area contributed by atoms with Gasteiger partial charge in [0, 0.05) is 11.3 Å². The molecule has 1 fully saturated rings. The number of amides is 1. The van der Waals surface area contributed by atoms with Gasteiger partial charge in [-0.1, -0.05) is 18.6 Å². The summed E-state index contributed by atoms with van der Waals surface area (Å²) in [6.07, 6.45) is 5.34. The first-order chi connectivity index (χ1) is 9.72. The largest absolute Gasteiger partial charge is 0.477 e. The zero-order chi connectivity index (χ0) is 14.0. The molecule has 0 aromatic heterocycles. The second-order valence-corrected chi connectivity index (χ2v) is 6.72. The lowest BCUT2D eigenvalue weighted by Crippen LogP contribution is -2.51. The minimum atomic E-state index is -0.441. The summed E-state index contributed by atoms with van der Waals surface area (Å²) >= 11 is 1.87. The number of carbonyl (C=O) groups excluding carboxylic acids is 1. The van der Waals surface area contributed by atoms with Gasteiger partial charge >= 0.3 is 0 Å². The van der Waals surface area contributed by atoms with E-state index < -0.39 is 6.10 Å². The van der Waals surface area contributed by atoms with Gasteiger partial charge in [-0.25, -0.2) is 0 Å². The fraction of sp³-hybridized carbons (Fsp3) is 0.533. The fourth-order valence-electron chi connectivity index (χ4n) is 2.65. The molecule has 1 heterocycles. The van der Waals surface area contributed by atoms with Crippen molar-refractivity contribution in [3.63, 3.8) is 0 Å². The number of fused-ring (bicyclic) bond motifs is 1. The molecule has 1 aliphatic carbocycles. The van der Waals surface area contributed by atoms with Gasteiger partial charge in [-0.3, -0.25) is 4.79 Å². The summed E-state index contributed by atoms with van der Waals surface area (Å²) < 4.78 is 6.02. The number of benzene rings is 1. The third-order valence-electron chi connectivity index (χ3n) is 4.21. The predicted octanol–water partition coefficient (Wildman–Crippen LogP) is 2.26. The van der Waals surface area contributed by atoms with Gasteiger partial charge in [0.2, 0.25) is 0 Å². The SMILES string of the molecule is CSC1(CNC(=O)C2CNc3ccccc3O2)CCC1. The van der Waals surface area contributed by atoms with Crippen LogP contribution < -0.4 is 15.4 Å². The standard InChI is InChI=1S/C15H20N2O2S/c1-20-15(7-4-8-15)10-17-14(18)13-9-16-11-5-2-3-6-12(11)19-13/h2-3,5-6,13,16H,4,7-10H2,1H3,(H,17,18). The maximum Gasteiger partial charge on any atom is 0.262 e. The molecular weight excluding hydrogens is 272 g/mol. The highest BCUT2D eigenvalue weighted by Crippen LogP contribution is 2.42. The minimum Gasteiger partial charge on any atom is -0.477 e. The highest BCUT2D eigenvalue weighted by molar-refractivity contribution is 8.00. The van der Waals surface area contributed by atoms with Crippen molar-refractivity contribution in [3.8, 4) is 5.75 Å². The van der Waals surface area contributed by atoms with Crippen molar-refractivity contribution in [1.82, 2.24) is 5.32 Å². The lowest BCUT2D eigenvalue weighted by molar-refractivity contribution is -0.127. The molecule has 0 spiro atoms. The van der Waals surface area contributed by atoms with Gasteiger partial charge in [-0.05, 0) is 31.2 Å². The Balaban J connectivity index is 1.56. The topological polar surface area (TPSA) is 50.4 Å². The summed E-state index contributed by atoms with van der Waals surface area (Å²) in [4.78, 5) is 12.2. The lowest BCUT2D eigenvalue weighted by Gasteiger charge is -2.40. The van der Waals surface area contributed by atoms with Crippen molar-refractivity contribution in [1.29, 1.82) is 0 Å². The van der Waals surface area contributed by atoms with Gasteiger partial charge in [-0.15, -0.1) is 0 Å². The summed E-state index contributed by atoms with van der Waals surface area (Å²) in [7, 11) is 0. The molecule has 2 N–H and O–H groups in total. The Morgan fingerprint density at radius 2 is 2.30 bits per heavy atom. The molecule has 0 saturated heterocycles. The summed E-state index contributed by atoms with van der Waals surface area (Å²) in [5.74, 6) is 0.731. The molecule has 1 aromatic rings. The van der Waals surface area contributed by atoms with E-state index >= 15 is 0 Å². The Bertz CT molecular complexity index is 497. The Morgan fingerprint density at radius 1 is 1.50 bits per heavy atom. The van der Waals surface area contributed by atoms with Crippen LogP contribution in [0.5, 0.6) is 5.75 Å². The van der Waals surface area contributed by atoms with E-state index in [0.717, 1.165) is 18.0 Å². The van der Waals surface area contributed by atoms with Gasteiger partial charge in [0.15, 0.2) is 6.10 Å². The van der Waals surface area contributed by atoms with Crippen molar-refractivity contribution >= 4 is 23.4 Å². The van der Waals surface area contributed by atoms with Crippen LogP contribution >= 0.6 is 11.8 Å². The molecule has 5 heteroatoms. The number of thioether (sulfide) groups is 1. The van der Waals surface area contributed by atoms with Crippen LogP contribution in [-0.2, 0) is 4.79 Å². The van der Waals surface area contributed by atoms with Gasteiger partial charge in [0.25, 0.3) is 5.91 Å². The van der Waals surface area contributed by atoms with E-state index in [1.54, 1.807) is 0 Å². The zero-order valence-corrected chi connectivity index (χ0v) is 12.5. The number of hydrogen-bond acceptors (Lipinski definition) is 4. The quantitative estimate of drug-likeness (QED) is 0.894. The molecule has 1 atom stereocenters. The van der Waals surface area contributed by atoms with E-state index in [1.807, 2.05) is 36.0 Å². The Kier molecular flexibility index (Phi) is 3.78. The average molecular weight is 292 g/mol. The van der Waals surface area contributed by atoms with Crippen molar-refractivity contribution < 1.29 is 9.53 Å². The van der Waals surface area contributed by atoms with E-state index in [4.69, 9.17) is 4.74 Å². The van der Waals surface area contributed by atoms with Gasteiger partial charge < -0.3 is 15.4 Å². The van der Waals surface area contributed by atoms with Gasteiger partial charge in [0.1, 0.15) is 5.75 Å². The van der Waals surface area contributed by atoms with E-state index in [1.165, 1.54) is 19.3 Å². The molecule has 0 bridgehead atoms. The smallest absolute Gasteiger partial charge is 0.262 e. The maximum atomic E-state index is 12.2. The number of para-hydroxylation sites is 2. The Labute approximate surface area is 123 Å². The molecule has 108 valence electrons. The summed E-state index contributed by atoms with van der Waals surface area (Å²) in [5, 5.41) is 6.29. The second-order valence-electron chi connectivity index (χ2n) is 5.44. The van der Waals surface area contributed by atoms with Crippen molar-refractivity contribution in [2.45, 2.75) is 30.1 Å². The number of anilines is 1. The third-order valence-corrected chi connectivity index (χ3v) is 5.63. The van der Waals surface area contributed by atoms with Crippen molar-refractivity contribution in [2.24, 2.45) is 0 Å². The van der Waals surface area contributed by atoms with Crippen molar-refractivity contribution in [2.75, 3.05) is 24.7 Å². The first kappa shape index (κ1) is 13.6. The lowest BCUT2D eigenvalue weighted by atomic mass is 9.84. The highest BCUT2D eigenvalue weighted by atomic mass is 32.2. The van der Waals surface area contributed by atoms with Gasteiger partial charge in [0.05, 0.1) is 12.2 Å². The monoisotopic (exact) mass is 292 g/mol. The predicted molar refractivity (Wildman–Crippen MR) is 82.5 cm³/mol. The summed E-state index contributed by atoms with van der Waals surface area (Å²) in [5.41, 5.74) is 0.955. The molecule has 0 radical (unpaired) electrons. The van der Waals surface area contributed by atoms with Crippen LogP contribution in [0.2, 0.25) is 0 Å². The minimum absolute atomic E-state index is 0.0210. The van der Waals surface area contributed by atoms with E-state index in [0.29, 0.717) is 6.54 Å². The van der Waals surface area contributed by atoms with Gasteiger partial charge in [-0.2, -0.15) is 11.8 Å². The molecule has 1 aromatic carbocycles. The fourth-order valence-corrected chi connectivity index (χ4v) is 3.56. The molecule has 2 aliphatic rings. The summed E-state index contributed by atoms with van der Waals surface area (Å²) in [6, 6.07) is 7.71. The maximum absolute atomic E-state index is 12.2. The first-order valence-corrected chi connectivity index (χ1v) is 8.27. The molecule has 1 saturated carbocycles. The number of rotatable bonds is 4. The third kappa shape index (κ3) is 2.59. The summed E-state index contributed by atoms with van der Waals surface area (Å²) in [6.45, 7) is 1.27. The van der Waals surface area contributed by atoms with E-state index in [-0.39, 0.29) is 10.7 Å². The highest BCUT2D eigenvalue weighted by Gasteiger charge is 2.37. The first-order valence-electron chi connectivity index (χ1n) is 7.05. The number of carbonyl (C=O) groups is 1. The number of hydrogen-bond donors (Lipinski definition) is 2. The van der Waals surface area contributed by atoms with E-state index in [2.05, 4.69) is 16.9 Å². The molecule has 1 unspecified atom stereocenters.